The molecule has 0 aliphatic rings. The first-order valence-corrected chi connectivity index (χ1v) is 5.61. The van der Waals surface area contributed by atoms with Crippen molar-refractivity contribution < 1.29 is 4.79 Å². The number of rotatable bonds is 5. The molecular formula is C12H13ClN4O. The summed E-state index contributed by atoms with van der Waals surface area (Å²) in [6, 6.07) is 8.62. The molecule has 1 rings (SSSR count). The Morgan fingerprint density at radius 3 is 3.00 bits per heavy atom. The number of allylic oxidation sites excluding steroid dienone is 1. The van der Waals surface area contributed by atoms with Gasteiger partial charge in [0.1, 0.15) is 11.4 Å². The van der Waals surface area contributed by atoms with E-state index in [0.717, 1.165) is 6.21 Å². The number of hydrogen-bond donors (Lipinski definition) is 4. The number of anilines is 1. The van der Waals surface area contributed by atoms with Gasteiger partial charge in [-0.1, -0.05) is 23.7 Å². The molecule has 0 aliphatic carbocycles. The SMILES string of the molecule is CCNC(=O)c1c#cccc1N/C(N)=C(\Cl)C=N. The van der Waals surface area contributed by atoms with Gasteiger partial charge in [-0.25, -0.2) is 0 Å². The number of hydrogen-bond acceptors (Lipinski definition) is 4. The van der Waals surface area contributed by atoms with Gasteiger partial charge in [-0.3, -0.25) is 4.79 Å². The molecule has 0 saturated heterocycles. The molecule has 6 heteroatoms. The van der Waals surface area contributed by atoms with E-state index in [-0.39, 0.29) is 22.3 Å². The van der Waals surface area contributed by atoms with E-state index < -0.39 is 0 Å². The monoisotopic (exact) mass is 264 g/mol. The van der Waals surface area contributed by atoms with Crippen LogP contribution in [0.15, 0.2) is 23.0 Å². The van der Waals surface area contributed by atoms with Crippen LogP contribution in [0.25, 0.3) is 0 Å². The Bertz CT molecular complexity index is 485. The summed E-state index contributed by atoms with van der Waals surface area (Å²) in [5, 5.41) is 12.5. The molecule has 0 aromatic heterocycles. The summed E-state index contributed by atoms with van der Waals surface area (Å²) in [5.41, 5.74) is 6.38. The molecule has 1 amide bonds. The maximum Gasteiger partial charge on any atom is 0.261 e. The Morgan fingerprint density at radius 2 is 2.39 bits per heavy atom. The molecule has 0 spiro atoms. The van der Waals surface area contributed by atoms with E-state index in [4.69, 9.17) is 22.7 Å². The Kier molecular flexibility index (Phi) is 5.03. The minimum Gasteiger partial charge on any atom is -0.384 e. The standard InChI is InChI=1S/C12H13ClN4O/c1-2-16-12(18)8-5-3-4-6-10(8)17-11(15)9(13)7-14/h4,6-7,14,17H,2,15H2,1H3,(H,16,18)/b11-9-,14-7?. The third kappa shape index (κ3) is 3.40. The summed E-state index contributed by atoms with van der Waals surface area (Å²) in [7, 11) is 0. The zero-order valence-corrected chi connectivity index (χ0v) is 10.6. The van der Waals surface area contributed by atoms with E-state index in [9.17, 15) is 4.79 Å². The van der Waals surface area contributed by atoms with Crippen molar-refractivity contribution in [3.63, 3.8) is 0 Å². The van der Waals surface area contributed by atoms with E-state index in [0.29, 0.717) is 12.2 Å². The van der Waals surface area contributed by atoms with Crippen LogP contribution in [0, 0.1) is 17.5 Å². The van der Waals surface area contributed by atoms with E-state index >= 15 is 0 Å². The highest BCUT2D eigenvalue weighted by molar-refractivity contribution is 6.39. The van der Waals surface area contributed by atoms with Crippen LogP contribution in [-0.2, 0) is 0 Å². The highest BCUT2D eigenvalue weighted by Crippen LogP contribution is 2.15. The van der Waals surface area contributed by atoms with E-state index in [1.54, 1.807) is 12.1 Å². The fourth-order valence-electron chi connectivity index (χ4n) is 1.20. The molecule has 0 heterocycles. The summed E-state index contributed by atoms with van der Waals surface area (Å²) in [5.74, 6) is -0.188. The van der Waals surface area contributed by atoms with Crippen molar-refractivity contribution in [3.8, 4) is 0 Å². The smallest absolute Gasteiger partial charge is 0.261 e. The average Bonchev–Trinajstić information content (AvgIpc) is 2.38. The normalized spacial score (nSPS) is 11.0. The molecule has 0 atom stereocenters. The van der Waals surface area contributed by atoms with Crippen molar-refractivity contribution in [1.82, 2.24) is 5.32 Å². The number of amides is 1. The average molecular weight is 265 g/mol. The molecule has 18 heavy (non-hydrogen) atoms. The maximum atomic E-state index is 11.7. The van der Waals surface area contributed by atoms with Crippen molar-refractivity contribution in [2.75, 3.05) is 11.9 Å². The van der Waals surface area contributed by atoms with Crippen molar-refractivity contribution in [2.45, 2.75) is 6.92 Å². The van der Waals surface area contributed by atoms with Gasteiger partial charge in [0.2, 0.25) is 0 Å². The van der Waals surface area contributed by atoms with Crippen LogP contribution in [-0.4, -0.2) is 18.7 Å². The summed E-state index contributed by atoms with van der Waals surface area (Å²) >= 11 is 5.69. The lowest BCUT2D eigenvalue weighted by Gasteiger charge is -2.10. The minimum atomic E-state index is -0.282. The lowest BCUT2D eigenvalue weighted by atomic mass is 10.2. The first-order valence-electron chi connectivity index (χ1n) is 5.23. The third-order valence-corrected chi connectivity index (χ3v) is 2.33. The van der Waals surface area contributed by atoms with Gasteiger partial charge in [0.05, 0.1) is 10.7 Å². The molecule has 5 nitrogen and oxygen atoms in total. The Hall–Kier alpha value is -2.19. The molecule has 0 saturated carbocycles. The van der Waals surface area contributed by atoms with Crippen LogP contribution in [0.3, 0.4) is 0 Å². The molecule has 5 N–H and O–H groups in total. The van der Waals surface area contributed by atoms with Crippen LogP contribution in [0.4, 0.5) is 5.69 Å². The first kappa shape index (κ1) is 13.9. The predicted octanol–water partition coefficient (Wildman–Crippen LogP) is 1.46. The molecular weight excluding hydrogens is 252 g/mol. The molecule has 1 aromatic rings. The summed E-state index contributed by atoms with van der Waals surface area (Å²) in [6.07, 6.45) is 0.911. The molecule has 0 bridgehead atoms. The van der Waals surface area contributed by atoms with E-state index in [2.05, 4.69) is 22.8 Å². The Morgan fingerprint density at radius 1 is 1.67 bits per heavy atom. The Balaban J connectivity index is 3.03. The van der Waals surface area contributed by atoms with E-state index in [1.807, 2.05) is 6.92 Å². The highest BCUT2D eigenvalue weighted by Gasteiger charge is 2.10. The first-order chi connectivity index (χ1) is 8.60. The minimum absolute atomic E-state index is 0.0599. The molecule has 0 aliphatic heterocycles. The van der Waals surface area contributed by atoms with Gasteiger partial charge in [0.25, 0.3) is 5.91 Å². The second-order valence-corrected chi connectivity index (χ2v) is 3.69. The summed E-state index contributed by atoms with van der Waals surface area (Å²) in [4.78, 5) is 11.7. The number of carbonyl (C=O) groups excluding carboxylic acids is 1. The van der Waals surface area contributed by atoms with Gasteiger partial charge >= 0.3 is 0 Å². The third-order valence-electron chi connectivity index (χ3n) is 2.02. The number of carbonyl (C=O) groups is 1. The van der Waals surface area contributed by atoms with E-state index in [1.165, 1.54) is 0 Å². The number of nitrogens with two attached hydrogens (primary N) is 1. The van der Waals surface area contributed by atoms with Crippen molar-refractivity contribution >= 4 is 29.4 Å². The van der Waals surface area contributed by atoms with Gasteiger partial charge in [-0.05, 0) is 19.1 Å². The second-order valence-electron chi connectivity index (χ2n) is 3.28. The van der Waals surface area contributed by atoms with Gasteiger partial charge in [0, 0.05) is 12.8 Å². The second kappa shape index (κ2) is 6.52. The van der Waals surface area contributed by atoms with Gasteiger partial charge in [-0.15, -0.1) is 0 Å². The van der Waals surface area contributed by atoms with Gasteiger partial charge in [0.15, 0.2) is 0 Å². The number of halogens is 1. The lowest BCUT2D eigenvalue weighted by Crippen LogP contribution is -2.24. The molecule has 1 aromatic carbocycles. The zero-order chi connectivity index (χ0) is 13.5. The molecule has 0 fully saturated rings. The largest absolute Gasteiger partial charge is 0.384 e. The summed E-state index contributed by atoms with van der Waals surface area (Å²) in [6.45, 7) is 2.32. The highest BCUT2D eigenvalue weighted by atomic mass is 35.5. The zero-order valence-electron chi connectivity index (χ0n) is 9.80. The van der Waals surface area contributed by atoms with Crippen LogP contribution in [0.2, 0.25) is 0 Å². The van der Waals surface area contributed by atoms with Crippen LogP contribution in [0.1, 0.15) is 17.3 Å². The number of nitrogens with one attached hydrogen (secondary N) is 3. The van der Waals surface area contributed by atoms with Crippen LogP contribution < -0.4 is 16.4 Å². The van der Waals surface area contributed by atoms with Crippen molar-refractivity contribution in [3.05, 3.63) is 40.7 Å². The topological polar surface area (TPSA) is 91.0 Å². The lowest BCUT2D eigenvalue weighted by molar-refractivity contribution is 0.0956. The Labute approximate surface area is 111 Å². The molecule has 0 unspecified atom stereocenters. The van der Waals surface area contributed by atoms with Gasteiger partial charge in [-0.2, -0.15) is 0 Å². The fraction of sp³-hybridized carbons (Fsp3) is 0.167. The van der Waals surface area contributed by atoms with Gasteiger partial charge < -0.3 is 21.8 Å². The van der Waals surface area contributed by atoms with Crippen LogP contribution >= 0.6 is 11.6 Å². The molecule has 94 valence electrons. The van der Waals surface area contributed by atoms with Crippen molar-refractivity contribution in [2.24, 2.45) is 5.73 Å². The fourth-order valence-corrected chi connectivity index (χ4v) is 1.25. The quantitative estimate of drug-likeness (QED) is 0.607. The van der Waals surface area contributed by atoms with Crippen molar-refractivity contribution in [1.29, 1.82) is 5.41 Å². The predicted molar refractivity (Wildman–Crippen MR) is 71.6 cm³/mol. The molecule has 0 radical (unpaired) electrons. The maximum absolute atomic E-state index is 11.7. The summed E-state index contributed by atoms with van der Waals surface area (Å²) < 4.78 is 0. The van der Waals surface area contributed by atoms with Crippen LogP contribution in [0.5, 0.6) is 0 Å².